The quantitative estimate of drug-likeness (QED) is 0.879. The third kappa shape index (κ3) is 3.79. The topological polar surface area (TPSA) is 32.6 Å². The Morgan fingerprint density at radius 3 is 2.48 bits per heavy atom. The van der Waals surface area contributed by atoms with Crippen LogP contribution < -0.4 is 15.2 Å². The summed E-state index contributed by atoms with van der Waals surface area (Å²) >= 11 is 5.61. The molecule has 2 N–H and O–H groups in total. The van der Waals surface area contributed by atoms with Crippen molar-refractivity contribution in [3.8, 4) is 0 Å². The van der Waals surface area contributed by atoms with Crippen LogP contribution in [-0.2, 0) is 6.42 Å². The molecule has 1 aliphatic heterocycles. The summed E-state index contributed by atoms with van der Waals surface area (Å²) in [4.78, 5) is 7.72. The van der Waals surface area contributed by atoms with Crippen LogP contribution in [0.25, 0.3) is 0 Å². The van der Waals surface area contributed by atoms with Crippen LogP contribution in [0.1, 0.15) is 12.5 Å². The summed E-state index contributed by atoms with van der Waals surface area (Å²) in [6, 6.07) is 12.6. The monoisotopic (exact) mass is 327 g/mol. The molecule has 0 unspecified atom stereocenters. The average molecular weight is 327 g/mol. The molecule has 4 nitrogen and oxygen atoms in total. The molecule has 120 valence electrons. The molecule has 0 spiro atoms. The lowest BCUT2D eigenvalue weighted by atomic mass is 10.1. The molecule has 1 aromatic heterocycles. The Bertz CT molecular complexity index is 651. The van der Waals surface area contributed by atoms with Gasteiger partial charge in [0.1, 0.15) is 0 Å². The second kappa shape index (κ2) is 7.42. The standard InChI is InChI=1S/C18H22N4S/c1-2-15-5-3-4-6-17(15)20-18(23)22-13-11-21(12-14-22)16-7-9-19-10-8-16/h3-10H,2,11-14H2,1H3,(H,20,23)/p+1. The molecule has 23 heavy (non-hydrogen) atoms. The van der Waals surface area contributed by atoms with E-state index in [0.29, 0.717) is 0 Å². The van der Waals surface area contributed by atoms with Gasteiger partial charge < -0.3 is 15.1 Å². The lowest BCUT2D eigenvalue weighted by Crippen LogP contribution is -2.50. The summed E-state index contributed by atoms with van der Waals surface area (Å²) in [5.41, 5.74) is 3.69. The number of thiocarbonyl (C=S) groups is 1. The first-order valence-corrected chi connectivity index (χ1v) is 8.53. The van der Waals surface area contributed by atoms with E-state index in [-0.39, 0.29) is 0 Å². The van der Waals surface area contributed by atoms with E-state index < -0.39 is 0 Å². The minimum atomic E-state index is 0.826. The van der Waals surface area contributed by atoms with Crippen LogP contribution in [0.15, 0.2) is 48.8 Å². The Morgan fingerprint density at radius 1 is 1.09 bits per heavy atom. The predicted octanol–water partition coefficient (Wildman–Crippen LogP) is 2.58. The lowest BCUT2D eigenvalue weighted by molar-refractivity contribution is -0.377. The van der Waals surface area contributed by atoms with Crippen molar-refractivity contribution in [2.24, 2.45) is 0 Å². The van der Waals surface area contributed by atoms with E-state index in [1.165, 1.54) is 11.3 Å². The highest BCUT2D eigenvalue weighted by atomic mass is 32.1. The normalized spacial score (nSPS) is 14.7. The second-order valence-electron chi connectivity index (χ2n) is 5.67. The molecule has 0 saturated carbocycles. The molecular weight excluding hydrogens is 304 g/mol. The average Bonchev–Trinajstić information content (AvgIpc) is 2.63. The van der Waals surface area contributed by atoms with E-state index in [2.05, 4.69) is 63.4 Å². The van der Waals surface area contributed by atoms with Gasteiger partial charge in [-0.3, -0.25) is 0 Å². The zero-order valence-corrected chi connectivity index (χ0v) is 14.3. The van der Waals surface area contributed by atoms with Crippen LogP contribution in [0.3, 0.4) is 0 Å². The van der Waals surface area contributed by atoms with Gasteiger partial charge in [0.15, 0.2) is 17.5 Å². The van der Waals surface area contributed by atoms with E-state index in [1.807, 2.05) is 12.4 Å². The largest absolute Gasteiger partial charge is 0.368 e. The highest BCUT2D eigenvalue weighted by molar-refractivity contribution is 7.80. The fourth-order valence-corrected chi connectivity index (χ4v) is 3.19. The number of benzene rings is 1. The van der Waals surface area contributed by atoms with Crippen molar-refractivity contribution >= 4 is 28.7 Å². The van der Waals surface area contributed by atoms with E-state index in [0.717, 1.165) is 43.4 Å². The number of para-hydroxylation sites is 1. The van der Waals surface area contributed by atoms with Gasteiger partial charge >= 0.3 is 0 Å². The van der Waals surface area contributed by atoms with E-state index >= 15 is 0 Å². The Kier molecular flexibility index (Phi) is 5.08. The summed E-state index contributed by atoms with van der Waals surface area (Å²) in [6.07, 6.45) is 4.94. The molecule has 1 aromatic carbocycles. The Labute approximate surface area is 143 Å². The zero-order chi connectivity index (χ0) is 16.1. The summed E-state index contributed by atoms with van der Waals surface area (Å²) in [5.74, 6) is 0. The maximum atomic E-state index is 5.61. The first-order chi connectivity index (χ1) is 11.3. The number of pyridine rings is 1. The van der Waals surface area contributed by atoms with Crippen molar-refractivity contribution in [3.63, 3.8) is 0 Å². The maximum Gasteiger partial charge on any atom is 0.173 e. The van der Waals surface area contributed by atoms with Gasteiger partial charge in [0.2, 0.25) is 0 Å². The van der Waals surface area contributed by atoms with Crippen LogP contribution in [-0.4, -0.2) is 36.2 Å². The van der Waals surface area contributed by atoms with Crippen LogP contribution in [0.4, 0.5) is 11.4 Å². The molecule has 0 bridgehead atoms. The maximum absolute atomic E-state index is 5.61. The van der Waals surface area contributed by atoms with Crippen molar-refractivity contribution in [3.05, 3.63) is 54.4 Å². The number of hydrogen-bond donors (Lipinski definition) is 1. The SMILES string of the molecule is CCc1ccccc1NC(=S)N1CCN(c2cc[nH+]cc2)CC1. The van der Waals surface area contributed by atoms with E-state index in [1.54, 1.807) is 0 Å². The van der Waals surface area contributed by atoms with Crippen molar-refractivity contribution < 1.29 is 4.98 Å². The minimum absolute atomic E-state index is 0.826. The van der Waals surface area contributed by atoms with Gasteiger partial charge in [0.25, 0.3) is 0 Å². The number of piperazine rings is 1. The molecule has 0 atom stereocenters. The van der Waals surface area contributed by atoms with Gasteiger partial charge in [-0.1, -0.05) is 25.1 Å². The van der Waals surface area contributed by atoms with Crippen molar-refractivity contribution in [1.29, 1.82) is 0 Å². The van der Waals surface area contributed by atoms with Crippen LogP contribution in [0.5, 0.6) is 0 Å². The number of H-pyrrole nitrogens is 1. The Morgan fingerprint density at radius 2 is 1.78 bits per heavy atom. The fourth-order valence-electron chi connectivity index (χ4n) is 2.90. The number of nitrogens with zero attached hydrogens (tertiary/aromatic N) is 2. The Hall–Kier alpha value is -2.14. The molecule has 0 amide bonds. The predicted molar refractivity (Wildman–Crippen MR) is 98.8 cm³/mol. The highest BCUT2D eigenvalue weighted by Crippen LogP contribution is 2.18. The van der Waals surface area contributed by atoms with E-state index in [9.17, 15) is 0 Å². The first-order valence-electron chi connectivity index (χ1n) is 8.13. The van der Waals surface area contributed by atoms with Gasteiger partial charge in [-0.05, 0) is 30.3 Å². The summed E-state index contributed by atoms with van der Waals surface area (Å²) in [5, 5.41) is 4.25. The second-order valence-corrected chi connectivity index (χ2v) is 6.06. The highest BCUT2D eigenvalue weighted by Gasteiger charge is 2.19. The molecular formula is C18H23N4S+. The van der Waals surface area contributed by atoms with E-state index in [4.69, 9.17) is 12.2 Å². The van der Waals surface area contributed by atoms with Gasteiger partial charge in [-0.15, -0.1) is 0 Å². The van der Waals surface area contributed by atoms with Gasteiger partial charge in [0, 0.05) is 49.7 Å². The van der Waals surface area contributed by atoms with Crippen LogP contribution in [0, 0.1) is 0 Å². The summed E-state index contributed by atoms with van der Waals surface area (Å²) < 4.78 is 0. The third-order valence-electron chi connectivity index (χ3n) is 4.27. The number of aryl methyl sites for hydroxylation is 1. The number of aromatic nitrogens is 1. The molecule has 2 heterocycles. The number of hydrogen-bond acceptors (Lipinski definition) is 2. The number of nitrogens with one attached hydrogen (secondary N) is 2. The minimum Gasteiger partial charge on any atom is -0.368 e. The molecule has 0 aliphatic carbocycles. The fraction of sp³-hybridized carbons (Fsp3) is 0.333. The van der Waals surface area contributed by atoms with Gasteiger partial charge in [-0.25, -0.2) is 4.98 Å². The molecule has 0 radical (unpaired) electrons. The third-order valence-corrected chi connectivity index (χ3v) is 4.63. The molecule has 1 saturated heterocycles. The molecule has 1 fully saturated rings. The van der Waals surface area contributed by atoms with Gasteiger partial charge in [0.05, 0.1) is 0 Å². The molecule has 3 rings (SSSR count). The molecule has 1 aliphatic rings. The zero-order valence-electron chi connectivity index (χ0n) is 13.5. The lowest BCUT2D eigenvalue weighted by Gasteiger charge is -2.37. The number of rotatable bonds is 3. The summed E-state index contributed by atoms with van der Waals surface area (Å²) in [7, 11) is 0. The van der Waals surface area contributed by atoms with Gasteiger partial charge in [-0.2, -0.15) is 0 Å². The van der Waals surface area contributed by atoms with Crippen LogP contribution >= 0.6 is 12.2 Å². The van der Waals surface area contributed by atoms with Crippen LogP contribution in [0.2, 0.25) is 0 Å². The molecule has 5 heteroatoms. The number of aromatic amines is 1. The van der Waals surface area contributed by atoms with Crippen molar-refractivity contribution in [2.45, 2.75) is 13.3 Å². The molecule has 2 aromatic rings. The summed E-state index contributed by atoms with van der Waals surface area (Å²) in [6.45, 7) is 6.03. The number of anilines is 2. The van der Waals surface area contributed by atoms with Crippen molar-refractivity contribution in [2.75, 3.05) is 36.4 Å². The Balaban J connectivity index is 1.58. The smallest absolute Gasteiger partial charge is 0.173 e. The first kappa shape index (κ1) is 15.7. The van der Waals surface area contributed by atoms with Crippen molar-refractivity contribution in [1.82, 2.24) is 4.90 Å².